The summed E-state index contributed by atoms with van der Waals surface area (Å²) >= 11 is 0. The second-order valence-electron chi connectivity index (χ2n) is 5.12. The lowest BCUT2D eigenvalue weighted by Crippen LogP contribution is -2.16. The number of unbranched alkanes of at least 4 members (excludes halogenated alkanes) is 1. The Morgan fingerprint density at radius 2 is 1.08 bits per heavy atom. The van der Waals surface area contributed by atoms with Crippen LogP contribution in [0.5, 0.6) is 0 Å². The Bertz CT molecular complexity index is 322. The lowest BCUT2D eigenvalue weighted by Gasteiger charge is -2.07. The molecule has 0 radical (unpaired) electrons. The molecule has 8 heteroatoms. The average Bonchev–Trinajstić information content (AvgIpc) is 2.61. The van der Waals surface area contributed by atoms with Gasteiger partial charge in [0, 0.05) is 13.7 Å². The van der Waals surface area contributed by atoms with E-state index in [1.807, 2.05) is 0 Å². The van der Waals surface area contributed by atoms with Gasteiger partial charge in [-0.05, 0) is 6.42 Å². The highest BCUT2D eigenvalue weighted by molar-refractivity contribution is 5.77. The molecule has 0 atom stereocenters. The average molecular weight is 364 g/mol. The lowest BCUT2D eigenvalue weighted by molar-refractivity contribution is -0.152. The highest BCUT2D eigenvalue weighted by Crippen LogP contribution is 1.96. The normalized spacial score (nSPS) is 10.6. The second-order valence-corrected chi connectivity index (χ2v) is 5.12. The Morgan fingerprint density at radius 1 is 0.640 bits per heavy atom. The third-order valence-electron chi connectivity index (χ3n) is 2.96. The molecule has 0 aliphatic heterocycles. The van der Waals surface area contributed by atoms with E-state index < -0.39 is 11.9 Å². The van der Waals surface area contributed by atoms with Crippen molar-refractivity contribution in [2.45, 2.75) is 32.6 Å². The van der Waals surface area contributed by atoms with Crippen LogP contribution in [0.15, 0.2) is 0 Å². The van der Waals surface area contributed by atoms with Crippen LogP contribution in [0.3, 0.4) is 0 Å². The maximum absolute atomic E-state index is 11.5. The Balaban J connectivity index is 3.32. The minimum absolute atomic E-state index is 0.0104. The molecule has 0 saturated carbocycles. The van der Waals surface area contributed by atoms with Crippen LogP contribution in [0.25, 0.3) is 0 Å². The summed E-state index contributed by atoms with van der Waals surface area (Å²) < 4.78 is 30.4. The zero-order valence-electron chi connectivity index (χ0n) is 15.5. The van der Waals surface area contributed by atoms with Gasteiger partial charge in [-0.3, -0.25) is 9.59 Å². The van der Waals surface area contributed by atoms with Crippen molar-refractivity contribution in [2.24, 2.45) is 0 Å². The van der Waals surface area contributed by atoms with Crippen LogP contribution < -0.4 is 0 Å². The molecule has 0 unspecified atom stereocenters. The summed E-state index contributed by atoms with van der Waals surface area (Å²) in [5.74, 6) is -0.899. The summed E-state index contributed by atoms with van der Waals surface area (Å²) in [5, 5.41) is 0. The molecule has 0 amide bonds. The van der Waals surface area contributed by atoms with Crippen LogP contribution in [-0.4, -0.2) is 78.5 Å². The molecule has 0 aliphatic rings. The van der Waals surface area contributed by atoms with Gasteiger partial charge in [-0.1, -0.05) is 13.3 Å². The van der Waals surface area contributed by atoms with Gasteiger partial charge in [0.15, 0.2) is 0 Å². The number of hydrogen-bond acceptors (Lipinski definition) is 8. The first kappa shape index (κ1) is 23.8. The molecule has 0 saturated heterocycles. The van der Waals surface area contributed by atoms with Crippen LogP contribution in [0.4, 0.5) is 0 Å². The maximum Gasteiger partial charge on any atom is 0.306 e. The summed E-state index contributed by atoms with van der Waals surface area (Å²) in [7, 11) is 1.58. The topological polar surface area (TPSA) is 89.5 Å². The largest absolute Gasteiger partial charge is 0.463 e. The van der Waals surface area contributed by atoms with Crippen molar-refractivity contribution in [1.82, 2.24) is 0 Å². The molecule has 0 aliphatic carbocycles. The van der Waals surface area contributed by atoms with E-state index in [1.54, 1.807) is 7.11 Å². The van der Waals surface area contributed by atoms with Crippen molar-refractivity contribution < 1.29 is 38.0 Å². The molecule has 0 heterocycles. The first-order chi connectivity index (χ1) is 12.2. The SMILES string of the molecule is CCCCOCCOCCOC(=O)CCC(=O)OCCOCCOC. The van der Waals surface area contributed by atoms with E-state index in [0.29, 0.717) is 39.6 Å². The number of carbonyl (C=O) groups excluding carboxylic acids is 2. The summed E-state index contributed by atoms with van der Waals surface area (Å²) in [6, 6.07) is 0. The van der Waals surface area contributed by atoms with Gasteiger partial charge >= 0.3 is 11.9 Å². The van der Waals surface area contributed by atoms with Crippen molar-refractivity contribution in [3.05, 3.63) is 0 Å². The maximum atomic E-state index is 11.5. The van der Waals surface area contributed by atoms with Crippen LogP contribution in [0, 0.1) is 0 Å². The molecule has 0 aromatic carbocycles. The van der Waals surface area contributed by atoms with E-state index in [4.69, 9.17) is 28.4 Å². The predicted octanol–water partition coefficient (Wildman–Crippen LogP) is 1.35. The van der Waals surface area contributed by atoms with E-state index >= 15 is 0 Å². The van der Waals surface area contributed by atoms with Gasteiger partial charge in [0.25, 0.3) is 0 Å². The van der Waals surface area contributed by atoms with E-state index in [2.05, 4.69) is 6.92 Å². The van der Waals surface area contributed by atoms with Crippen LogP contribution in [0.2, 0.25) is 0 Å². The molecule has 0 spiro atoms. The quantitative estimate of drug-likeness (QED) is 0.266. The van der Waals surface area contributed by atoms with Crippen molar-refractivity contribution in [3.63, 3.8) is 0 Å². The Morgan fingerprint density at radius 3 is 1.56 bits per heavy atom. The molecule has 148 valence electrons. The molecule has 0 rings (SSSR count). The van der Waals surface area contributed by atoms with Crippen LogP contribution >= 0.6 is 0 Å². The standard InChI is InChI=1S/C17H32O8/c1-3-4-7-21-10-11-23-13-15-25-17(19)6-5-16(18)24-14-12-22-9-8-20-2/h3-15H2,1-2H3. The minimum atomic E-state index is -0.451. The zero-order chi connectivity index (χ0) is 18.6. The summed E-state index contributed by atoms with van der Waals surface area (Å²) in [5.41, 5.74) is 0. The van der Waals surface area contributed by atoms with Crippen molar-refractivity contribution in [3.8, 4) is 0 Å². The molecular weight excluding hydrogens is 332 g/mol. The number of hydrogen-bond donors (Lipinski definition) is 0. The van der Waals surface area contributed by atoms with Gasteiger partial charge < -0.3 is 28.4 Å². The Labute approximate surface area is 150 Å². The van der Waals surface area contributed by atoms with Crippen molar-refractivity contribution in [2.75, 3.05) is 66.6 Å². The smallest absolute Gasteiger partial charge is 0.306 e. The number of carbonyl (C=O) groups is 2. The lowest BCUT2D eigenvalue weighted by atomic mass is 10.3. The minimum Gasteiger partial charge on any atom is -0.463 e. The highest BCUT2D eigenvalue weighted by Gasteiger charge is 2.09. The summed E-state index contributed by atoms with van der Waals surface area (Å²) in [6.45, 7) is 5.74. The van der Waals surface area contributed by atoms with E-state index in [1.165, 1.54) is 0 Å². The van der Waals surface area contributed by atoms with E-state index in [0.717, 1.165) is 19.4 Å². The third kappa shape index (κ3) is 19.0. The number of ether oxygens (including phenoxy) is 6. The Hall–Kier alpha value is -1.22. The van der Waals surface area contributed by atoms with Crippen molar-refractivity contribution >= 4 is 11.9 Å². The molecule has 0 bridgehead atoms. The van der Waals surface area contributed by atoms with Gasteiger partial charge in [-0.15, -0.1) is 0 Å². The third-order valence-corrected chi connectivity index (χ3v) is 2.96. The molecule has 0 fully saturated rings. The highest BCUT2D eigenvalue weighted by atomic mass is 16.6. The van der Waals surface area contributed by atoms with Crippen molar-refractivity contribution in [1.29, 1.82) is 0 Å². The molecule has 0 aromatic heterocycles. The van der Waals surface area contributed by atoms with E-state index in [-0.39, 0.29) is 26.1 Å². The molecule has 8 nitrogen and oxygen atoms in total. The van der Waals surface area contributed by atoms with Gasteiger partial charge in [0.2, 0.25) is 0 Å². The fourth-order valence-electron chi connectivity index (χ4n) is 1.59. The first-order valence-corrected chi connectivity index (χ1v) is 8.74. The number of methoxy groups -OCH3 is 1. The summed E-state index contributed by atoms with van der Waals surface area (Å²) in [4.78, 5) is 22.9. The number of rotatable bonds is 18. The molecule has 0 aromatic rings. The van der Waals surface area contributed by atoms with Gasteiger partial charge in [-0.2, -0.15) is 0 Å². The number of esters is 2. The first-order valence-electron chi connectivity index (χ1n) is 8.74. The monoisotopic (exact) mass is 364 g/mol. The molecule has 25 heavy (non-hydrogen) atoms. The van der Waals surface area contributed by atoms with Gasteiger partial charge in [0.05, 0.1) is 52.5 Å². The zero-order valence-corrected chi connectivity index (χ0v) is 15.5. The molecular formula is C17H32O8. The van der Waals surface area contributed by atoms with Crippen LogP contribution in [-0.2, 0) is 38.0 Å². The fourth-order valence-corrected chi connectivity index (χ4v) is 1.59. The summed E-state index contributed by atoms with van der Waals surface area (Å²) in [6.07, 6.45) is 2.12. The van der Waals surface area contributed by atoms with Crippen LogP contribution in [0.1, 0.15) is 32.6 Å². The predicted molar refractivity (Wildman–Crippen MR) is 90.4 cm³/mol. The Kier molecular flexibility index (Phi) is 18.2. The second kappa shape index (κ2) is 19.1. The van der Waals surface area contributed by atoms with Gasteiger partial charge in [0.1, 0.15) is 13.2 Å². The van der Waals surface area contributed by atoms with E-state index in [9.17, 15) is 9.59 Å². The fraction of sp³-hybridized carbons (Fsp3) is 0.882. The molecule has 0 N–H and O–H groups in total. The van der Waals surface area contributed by atoms with Gasteiger partial charge in [-0.25, -0.2) is 0 Å².